The van der Waals surface area contributed by atoms with Crippen molar-refractivity contribution in [2.24, 2.45) is 0 Å². The largest absolute Gasteiger partial charge is 0.457 e. The molecule has 4 rings (SSSR count). The lowest BCUT2D eigenvalue weighted by Gasteiger charge is -2.14. The summed E-state index contributed by atoms with van der Waals surface area (Å²) in [6.07, 6.45) is 7.27. The first-order valence-corrected chi connectivity index (χ1v) is 9.98. The number of allylic oxidation sites excluding steroid dienone is 4. The van der Waals surface area contributed by atoms with E-state index in [1.54, 1.807) is 25.1 Å². The molecule has 1 aliphatic carbocycles. The Morgan fingerprint density at radius 1 is 1.06 bits per heavy atom. The van der Waals surface area contributed by atoms with Crippen LogP contribution in [0.3, 0.4) is 0 Å². The summed E-state index contributed by atoms with van der Waals surface area (Å²) >= 11 is 0. The molecule has 0 radical (unpaired) electrons. The van der Waals surface area contributed by atoms with E-state index >= 15 is 0 Å². The van der Waals surface area contributed by atoms with Gasteiger partial charge in [0.15, 0.2) is 0 Å². The fourth-order valence-electron chi connectivity index (χ4n) is 3.45. The average Bonchev–Trinajstić information content (AvgIpc) is 3.30. The minimum atomic E-state index is -0.693. The fraction of sp³-hybridized carbons (Fsp3) is 0.115. The number of benzene rings is 3. The molecule has 1 aliphatic rings. The predicted octanol–water partition coefficient (Wildman–Crippen LogP) is 6.34. The Morgan fingerprint density at radius 2 is 1.90 bits per heavy atom. The van der Waals surface area contributed by atoms with E-state index in [0.717, 1.165) is 29.7 Å². The van der Waals surface area contributed by atoms with Gasteiger partial charge in [0.05, 0.1) is 0 Å². The third-order valence-corrected chi connectivity index (χ3v) is 5.15. The van der Waals surface area contributed by atoms with Gasteiger partial charge in [0.25, 0.3) is 5.91 Å². The minimum absolute atomic E-state index is 0.0415. The van der Waals surface area contributed by atoms with Gasteiger partial charge in [0.1, 0.15) is 23.1 Å². The Morgan fingerprint density at radius 3 is 2.68 bits per heavy atom. The molecule has 3 nitrogen and oxygen atoms in total. The number of rotatable bonds is 6. The van der Waals surface area contributed by atoms with Crippen LogP contribution in [0.25, 0.3) is 5.57 Å². The second kappa shape index (κ2) is 8.96. The number of carbonyl (C=O) groups is 1. The zero-order valence-electron chi connectivity index (χ0n) is 17.0. The van der Waals surface area contributed by atoms with E-state index in [-0.39, 0.29) is 18.0 Å². The molecule has 3 aromatic carbocycles. The van der Waals surface area contributed by atoms with Crippen LogP contribution in [0.5, 0.6) is 11.5 Å². The quantitative estimate of drug-likeness (QED) is 0.508. The topological polar surface area (TPSA) is 38.3 Å². The molecule has 0 saturated carbocycles. The van der Waals surface area contributed by atoms with Gasteiger partial charge in [-0.3, -0.25) is 4.79 Å². The van der Waals surface area contributed by atoms with Crippen LogP contribution in [0, 0.1) is 18.6 Å². The van der Waals surface area contributed by atoms with Gasteiger partial charge in [0, 0.05) is 29.3 Å². The van der Waals surface area contributed by atoms with Crippen molar-refractivity contribution in [2.45, 2.75) is 19.9 Å². The second-order valence-electron chi connectivity index (χ2n) is 7.27. The van der Waals surface area contributed by atoms with E-state index < -0.39 is 11.6 Å². The first kappa shape index (κ1) is 20.5. The first-order valence-electron chi connectivity index (χ1n) is 9.98. The summed E-state index contributed by atoms with van der Waals surface area (Å²) in [4.78, 5) is 12.7. The molecular formula is C26H21F2NO2. The van der Waals surface area contributed by atoms with Crippen LogP contribution in [0.1, 0.15) is 33.5 Å². The van der Waals surface area contributed by atoms with Crippen LogP contribution in [0.15, 0.2) is 78.9 Å². The summed E-state index contributed by atoms with van der Waals surface area (Å²) in [6, 6.07) is 16.3. The number of halogens is 2. The molecule has 5 heteroatoms. The van der Waals surface area contributed by atoms with Crippen molar-refractivity contribution >= 4 is 11.5 Å². The molecule has 1 N–H and O–H groups in total. The van der Waals surface area contributed by atoms with Crippen LogP contribution in [-0.2, 0) is 6.54 Å². The molecule has 0 unspecified atom stereocenters. The summed E-state index contributed by atoms with van der Waals surface area (Å²) in [5, 5.41) is 2.68. The third-order valence-electron chi connectivity index (χ3n) is 5.15. The van der Waals surface area contributed by atoms with Gasteiger partial charge in [-0.05, 0) is 54.8 Å². The molecule has 0 aromatic heterocycles. The molecular weight excluding hydrogens is 396 g/mol. The minimum Gasteiger partial charge on any atom is -0.457 e. The lowest BCUT2D eigenvalue weighted by Crippen LogP contribution is -2.24. The number of amides is 1. The zero-order valence-corrected chi connectivity index (χ0v) is 17.0. The normalized spacial score (nSPS) is 12.5. The van der Waals surface area contributed by atoms with Crippen LogP contribution in [-0.4, -0.2) is 5.91 Å². The van der Waals surface area contributed by atoms with Crippen molar-refractivity contribution in [3.63, 3.8) is 0 Å². The first-order chi connectivity index (χ1) is 15.0. The van der Waals surface area contributed by atoms with Crippen LogP contribution in [0.4, 0.5) is 8.78 Å². The average molecular weight is 417 g/mol. The van der Waals surface area contributed by atoms with Gasteiger partial charge in [-0.2, -0.15) is 0 Å². The highest BCUT2D eigenvalue weighted by atomic mass is 19.1. The molecule has 31 heavy (non-hydrogen) atoms. The number of nitrogens with one attached hydrogen (secondary N) is 1. The summed E-state index contributed by atoms with van der Waals surface area (Å²) in [5.41, 5.74) is 3.54. The fourth-order valence-corrected chi connectivity index (χ4v) is 3.45. The van der Waals surface area contributed by atoms with Crippen LogP contribution < -0.4 is 10.1 Å². The second-order valence-corrected chi connectivity index (χ2v) is 7.27. The maximum Gasteiger partial charge on any atom is 0.251 e. The SMILES string of the molecule is Cc1c(Oc2cccc(C3=CCC=C3)c2)cccc1C(=O)NCc1ccc(F)cc1F. The van der Waals surface area contributed by atoms with Crippen molar-refractivity contribution < 1.29 is 18.3 Å². The van der Waals surface area contributed by atoms with Gasteiger partial charge in [-0.1, -0.05) is 42.5 Å². The molecule has 1 amide bonds. The molecule has 0 spiro atoms. The third kappa shape index (κ3) is 4.72. The van der Waals surface area contributed by atoms with E-state index in [4.69, 9.17) is 4.74 Å². The lowest BCUT2D eigenvalue weighted by molar-refractivity contribution is 0.0949. The molecule has 156 valence electrons. The summed E-state index contributed by atoms with van der Waals surface area (Å²) in [7, 11) is 0. The summed E-state index contributed by atoms with van der Waals surface area (Å²) in [5.74, 6) is -0.470. The molecule has 0 saturated heterocycles. The maximum atomic E-state index is 13.8. The monoisotopic (exact) mass is 417 g/mol. The van der Waals surface area contributed by atoms with E-state index in [9.17, 15) is 13.6 Å². The molecule has 0 aliphatic heterocycles. The summed E-state index contributed by atoms with van der Waals surface area (Å²) in [6.45, 7) is 1.76. The Balaban J connectivity index is 1.49. The zero-order chi connectivity index (χ0) is 21.8. The highest BCUT2D eigenvalue weighted by molar-refractivity contribution is 5.96. The van der Waals surface area contributed by atoms with E-state index in [0.29, 0.717) is 22.6 Å². The number of hydrogen-bond donors (Lipinski definition) is 1. The van der Waals surface area contributed by atoms with Gasteiger partial charge in [0.2, 0.25) is 0 Å². The van der Waals surface area contributed by atoms with Crippen LogP contribution in [0.2, 0.25) is 0 Å². The smallest absolute Gasteiger partial charge is 0.251 e. The van der Waals surface area contributed by atoms with Crippen molar-refractivity contribution in [1.29, 1.82) is 0 Å². The Labute approximate surface area is 179 Å². The number of hydrogen-bond acceptors (Lipinski definition) is 2. The van der Waals surface area contributed by atoms with E-state index in [1.165, 1.54) is 6.07 Å². The predicted molar refractivity (Wildman–Crippen MR) is 117 cm³/mol. The van der Waals surface area contributed by atoms with Gasteiger partial charge >= 0.3 is 0 Å². The number of ether oxygens (including phenoxy) is 1. The Bertz CT molecular complexity index is 1200. The highest BCUT2D eigenvalue weighted by Crippen LogP contribution is 2.30. The van der Waals surface area contributed by atoms with Gasteiger partial charge in [-0.15, -0.1) is 0 Å². The highest BCUT2D eigenvalue weighted by Gasteiger charge is 2.14. The maximum absolute atomic E-state index is 13.8. The standard InChI is InChI=1S/C26H21F2NO2/c1-17-23(26(30)29-16-20-12-13-21(27)15-24(20)28)10-5-11-25(17)31-22-9-4-8-19(14-22)18-6-2-3-7-18/h2,4-15H,3,16H2,1H3,(H,29,30). The van der Waals surface area contributed by atoms with Gasteiger partial charge < -0.3 is 10.1 Å². The molecule has 0 bridgehead atoms. The van der Waals surface area contributed by atoms with Crippen molar-refractivity contribution in [1.82, 2.24) is 5.32 Å². The molecule has 0 fully saturated rings. The summed E-state index contributed by atoms with van der Waals surface area (Å²) < 4.78 is 32.9. The number of carbonyl (C=O) groups excluding carboxylic acids is 1. The van der Waals surface area contributed by atoms with Crippen molar-refractivity contribution in [3.05, 3.63) is 113 Å². The molecule has 0 heterocycles. The molecule has 3 aromatic rings. The Hall–Kier alpha value is -3.73. The van der Waals surface area contributed by atoms with Gasteiger partial charge in [-0.25, -0.2) is 8.78 Å². The van der Waals surface area contributed by atoms with Crippen LogP contribution >= 0.6 is 0 Å². The van der Waals surface area contributed by atoms with Crippen molar-refractivity contribution in [2.75, 3.05) is 0 Å². The van der Waals surface area contributed by atoms with E-state index in [2.05, 4.69) is 23.5 Å². The Kier molecular flexibility index (Phi) is 5.94. The lowest BCUT2D eigenvalue weighted by atomic mass is 10.1. The molecule has 0 atom stereocenters. The van der Waals surface area contributed by atoms with E-state index in [1.807, 2.05) is 24.3 Å². The van der Waals surface area contributed by atoms with Crippen molar-refractivity contribution in [3.8, 4) is 11.5 Å².